The van der Waals surface area contributed by atoms with Crippen LogP contribution in [0.1, 0.15) is 34.1 Å². The van der Waals surface area contributed by atoms with E-state index >= 15 is 0 Å². The molecule has 1 heterocycles. The number of methoxy groups -OCH3 is 1. The second kappa shape index (κ2) is 5.36. The maximum Gasteiger partial charge on any atom is 0.411 e. The van der Waals surface area contributed by atoms with Gasteiger partial charge in [-0.15, -0.1) is 0 Å². The van der Waals surface area contributed by atoms with E-state index in [1.54, 1.807) is 34.8 Å². The minimum atomic E-state index is -1.23. The molecular weight excluding hydrogens is 250 g/mol. The second-order valence-corrected chi connectivity index (χ2v) is 6.20. The molecule has 19 heavy (non-hydrogen) atoms. The summed E-state index contributed by atoms with van der Waals surface area (Å²) in [4.78, 5) is 24.9. The lowest BCUT2D eigenvalue weighted by Crippen LogP contribution is -2.52. The van der Waals surface area contributed by atoms with Gasteiger partial charge in [-0.3, -0.25) is 4.90 Å². The van der Waals surface area contributed by atoms with E-state index in [2.05, 4.69) is 0 Å². The standard InChI is InChI=1S/C13H23NO5/c1-12(2,3)19-11(17)14-7-9(8-18-5)6-13(14,4)10(15)16/h9H,6-8H2,1-5H3,(H,15,16). The minimum Gasteiger partial charge on any atom is -0.480 e. The number of aliphatic carboxylic acids is 1. The first kappa shape index (κ1) is 15.8. The topological polar surface area (TPSA) is 76.1 Å². The molecule has 0 bridgehead atoms. The summed E-state index contributed by atoms with van der Waals surface area (Å²) >= 11 is 0. The Morgan fingerprint density at radius 3 is 2.42 bits per heavy atom. The highest BCUT2D eigenvalue weighted by Crippen LogP contribution is 2.34. The summed E-state index contributed by atoms with van der Waals surface area (Å²) < 4.78 is 10.3. The van der Waals surface area contributed by atoms with Gasteiger partial charge in [0.1, 0.15) is 11.1 Å². The Hall–Kier alpha value is -1.30. The highest BCUT2D eigenvalue weighted by Gasteiger charge is 2.51. The molecule has 1 amide bonds. The predicted molar refractivity (Wildman–Crippen MR) is 69.0 cm³/mol. The molecule has 6 heteroatoms. The summed E-state index contributed by atoms with van der Waals surface area (Å²) in [5.41, 5.74) is -1.87. The third-order valence-electron chi connectivity index (χ3n) is 3.20. The van der Waals surface area contributed by atoms with Gasteiger partial charge < -0.3 is 14.6 Å². The van der Waals surface area contributed by atoms with Crippen molar-refractivity contribution in [3.8, 4) is 0 Å². The van der Waals surface area contributed by atoms with Crippen molar-refractivity contribution >= 4 is 12.1 Å². The summed E-state index contributed by atoms with van der Waals surface area (Å²) in [5, 5.41) is 9.39. The number of rotatable bonds is 3. The molecule has 1 rings (SSSR count). The van der Waals surface area contributed by atoms with Gasteiger partial charge in [0.2, 0.25) is 0 Å². The van der Waals surface area contributed by atoms with Crippen LogP contribution in [0, 0.1) is 5.92 Å². The van der Waals surface area contributed by atoms with Gasteiger partial charge in [0, 0.05) is 19.6 Å². The van der Waals surface area contributed by atoms with E-state index in [0.717, 1.165) is 0 Å². The van der Waals surface area contributed by atoms with E-state index < -0.39 is 23.2 Å². The van der Waals surface area contributed by atoms with Crippen molar-refractivity contribution in [3.05, 3.63) is 0 Å². The molecule has 0 aromatic carbocycles. The smallest absolute Gasteiger partial charge is 0.411 e. The van der Waals surface area contributed by atoms with Crippen LogP contribution in [0.25, 0.3) is 0 Å². The van der Waals surface area contributed by atoms with Crippen LogP contribution in [0.5, 0.6) is 0 Å². The van der Waals surface area contributed by atoms with Crippen LogP contribution < -0.4 is 0 Å². The van der Waals surface area contributed by atoms with E-state index in [1.165, 1.54) is 4.90 Å². The van der Waals surface area contributed by atoms with E-state index in [9.17, 15) is 14.7 Å². The van der Waals surface area contributed by atoms with Crippen molar-refractivity contribution in [2.75, 3.05) is 20.3 Å². The van der Waals surface area contributed by atoms with Gasteiger partial charge in [-0.1, -0.05) is 0 Å². The lowest BCUT2D eigenvalue weighted by Gasteiger charge is -2.32. The van der Waals surface area contributed by atoms with E-state index in [0.29, 0.717) is 19.6 Å². The molecule has 1 aliphatic heterocycles. The second-order valence-electron chi connectivity index (χ2n) is 6.20. The number of likely N-dealkylation sites (tertiary alicyclic amines) is 1. The molecule has 6 nitrogen and oxygen atoms in total. The van der Waals surface area contributed by atoms with Crippen LogP contribution in [0.2, 0.25) is 0 Å². The fourth-order valence-electron chi connectivity index (χ4n) is 2.34. The number of carboxylic acid groups (broad SMARTS) is 1. The van der Waals surface area contributed by atoms with Gasteiger partial charge in [0.05, 0.1) is 6.61 Å². The SMILES string of the molecule is COCC1CN(C(=O)OC(C)(C)C)C(C)(C(=O)O)C1. The van der Waals surface area contributed by atoms with Crippen molar-refractivity contribution in [2.45, 2.75) is 45.3 Å². The molecule has 1 aliphatic rings. The fourth-order valence-corrected chi connectivity index (χ4v) is 2.34. The zero-order valence-electron chi connectivity index (χ0n) is 12.2. The van der Waals surface area contributed by atoms with E-state index in [4.69, 9.17) is 9.47 Å². The van der Waals surface area contributed by atoms with Crippen LogP contribution in [0.3, 0.4) is 0 Å². The summed E-state index contributed by atoms with van der Waals surface area (Å²) in [7, 11) is 1.56. The number of carbonyl (C=O) groups excluding carboxylic acids is 1. The van der Waals surface area contributed by atoms with Crippen LogP contribution in [0.15, 0.2) is 0 Å². The third-order valence-corrected chi connectivity index (χ3v) is 3.20. The lowest BCUT2D eigenvalue weighted by atomic mass is 9.95. The van der Waals surface area contributed by atoms with E-state index in [1.807, 2.05) is 0 Å². The minimum absolute atomic E-state index is 0.0126. The van der Waals surface area contributed by atoms with Gasteiger partial charge in [-0.2, -0.15) is 0 Å². The maximum absolute atomic E-state index is 12.1. The van der Waals surface area contributed by atoms with Gasteiger partial charge in [-0.25, -0.2) is 9.59 Å². The highest BCUT2D eigenvalue weighted by atomic mass is 16.6. The molecule has 0 aromatic rings. The van der Waals surface area contributed by atoms with Crippen molar-refractivity contribution in [2.24, 2.45) is 5.92 Å². The molecule has 0 saturated carbocycles. The number of ether oxygens (including phenoxy) is 2. The first-order chi connectivity index (χ1) is 8.60. The molecule has 0 aromatic heterocycles. The molecule has 2 atom stereocenters. The number of carbonyl (C=O) groups is 2. The lowest BCUT2D eigenvalue weighted by molar-refractivity contribution is -0.148. The third kappa shape index (κ3) is 3.59. The number of nitrogens with zero attached hydrogens (tertiary/aromatic N) is 1. The van der Waals surface area contributed by atoms with Crippen molar-refractivity contribution in [3.63, 3.8) is 0 Å². The zero-order chi connectivity index (χ0) is 14.8. The summed E-state index contributed by atoms with van der Waals surface area (Å²) in [6.45, 7) is 7.59. The number of hydrogen-bond acceptors (Lipinski definition) is 4. The first-order valence-corrected chi connectivity index (χ1v) is 6.33. The predicted octanol–water partition coefficient (Wildman–Crippen LogP) is 1.73. The molecule has 1 fully saturated rings. The molecule has 2 unspecified atom stereocenters. The molecular formula is C13H23NO5. The maximum atomic E-state index is 12.1. The fraction of sp³-hybridized carbons (Fsp3) is 0.846. The summed E-state index contributed by atoms with van der Waals surface area (Å²) in [6, 6.07) is 0. The number of hydrogen-bond donors (Lipinski definition) is 1. The van der Waals surface area contributed by atoms with Crippen LogP contribution >= 0.6 is 0 Å². The van der Waals surface area contributed by atoms with Crippen LogP contribution in [-0.2, 0) is 14.3 Å². The quantitative estimate of drug-likeness (QED) is 0.847. The Bertz CT molecular complexity index is 363. The van der Waals surface area contributed by atoms with Gasteiger partial charge in [0.15, 0.2) is 0 Å². The Kier molecular flexibility index (Phi) is 4.45. The normalized spacial score (nSPS) is 27.4. The molecule has 1 saturated heterocycles. The molecule has 0 radical (unpaired) electrons. The van der Waals surface area contributed by atoms with Gasteiger partial charge in [-0.05, 0) is 34.1 Å². The van der Waals surface area contributed by atoms with Gasteiger partial charge in [0.25, 0.3) is 0 Å². The van der Waals surface area contributed by atoms with Crippen molar-refractivity contribution in [1.29, 1.82) is 0 Å². The molecule has 110 valence electrons. The summed E-state index contributed by atoms with van der Waals surface area (Å²) in [6.07, 6.45) is -0.217. The molecule has 0 aliphatic carbocycles. The average molecular weight is 273 g/mol. The monoisotopic (exact) mass is 273 g/mol. The number of amides is 1. The Morgan fingerprint density at radius 1 is 1.42 bits per heavy atom. The average Bonchev–Trinajstić information content (AvgIpc) is 2.55. The molecule has 0 spiro atoms. The first-order valence-electron chi connectivity index (χ1n) is 6.33. The molecule has 1 N–H and O–H groups in total. The highest BCUT2D eigenvalue weighted by molar-refractivity contribution is 5.84. The largest absolute Gasteiger partial charge is 0.480 e. The van der Waals surface area contributed by atoms with Crippen molar-refractivity contribution < 1.29 is 24.2 Å². The zero-order valence-corrected chi connectivity index (χ0v) is 12.2. The number of carboxylic acids is 1. The Morgan fingerprint density at radius 2 is 2.00 bits per heavy atom. The van der Waals surface area contributed by atoms with Gasteiger partial charge >= 0.3 is 12.1 Å². The Balaban J connectivity index is 2.89. The Labute approximate surface area is 113 Å². The summed E-state index contributed by atoms with van der Waals surface area (Å²) in [5.74, 6) is -1.00. The van der Waals surface area contributed by atoms with Crippen LogP contribution in [-0.4, -0.2) is 53.5 Å². The van der Waals surface area contributed by atoms with Crippen molar-refractivity contribution in [1.82, 2.24) is 4.90 Å². The van der Waals surface area contributed by atoms with E-state index in [-0.39, 0.29) is 5.92 Å². The van der Waals surface area contributed by atoms with Crippen LogP contribution in [0.4, 0.5) is 4.79 Å².